The Morgan fingerprint density at radius 3 is 2.12 bits per heavy atom. The monoisotopic (exact) mass is 428 g/mol. The van der Waals surface area contributed by atoms with Gasteiger partial charge in [0.25, 0.3) is 0 Å². The minimum atomic E-state index is -5.08. The SMILES string of the molecule is Cc1cccc(S(=O)(=O)c2cc(Cl)c(N)cc2C(F)(F)F)c1S(N)(=O)=O. The van der Waals surface area contributed by atoms with E-state index in [-0.39, 0.29) is 5.56 Å². The van der Waals surface area contributed by atoms with Crippen LogP contribution in [0.1, 0.15) is 11.1 Å². The fourth-order valence-electron chi connectivity index (χ4n) is 2.34. The van der Waals surface area contributed by atoms with Crippen LogP contribution in [0.4, 0.5) is 18.9 Å². The normalized spacial score (nSPS) is 13.0. The summed E-state index contributed by atoms with van der Waals surface area (Å²) in [4.78, 5) is -2.90. The van der Waals surface area contributed by atoms with Gasteiger partial charge in [0.1, 0.15) is 4.90 Å². The lowest BCUT2D eigenvalue weighted by Gasteiger charge is -2.17. The second-order valence-electron chi connectivity index (χ2n) is 5.32. The number of sulfone groups is 1. The van der Waals surface area contributed by atoms with Gasteiger partial charge in [-0.05, 0) is 30.7 Å². The molecule has 4 N–H and O–H groups in total. The molecule has 26 heavy (non-hydrogen) atoms. The number of alkyl halides is 3. The maximum atomic E-state index is 13.3. The molecule has 0 aliphatic carbocycles. The van der Waals surface area contributed by atoms with Crippen molar-refractivity contribution < 1.29 is 30.0 Å². The fourth-order valence-corrected chi connectivity index (χ4v) is 5.74. The van der Waals surface area contributed by atoms with Crippen molar-refractivity contribution in [3.63, 3.8) is 0 Å². The van der Waals surface area contributed by atoms with E-state index in [1.807, 2.05) is 0 Å². The van der Waals surface area contributed by atoms with E-state index in [1.54, 1.807) is 0 Å². The average Bonchev–Trinajstić information content (AvgIpc) is 2.46. The second kappa shape index (κ2) is 6.41. The van der Waals surface area contributed by atoms with Gasteiger partial charge < -0.3 is 5.73 Å². The number of sulfonamides is 1. The molecule has 0 saturated carbocycles. The average molecular weight is 429 g/mol. The van der Waals surface area contributed by atoms with E-state index in [4.69, 9.17) is 22.5 Å². The molecule has 2 rings (SSSR count). The van der Waals surface area contributed by atoms with E-state index >= 15 is 0 Å². The zero-order chi connectivity index (χ0) is 20.1. The molecule has 0 atom stereocenters. The summed E-state index contributed by atoms with van der Waals surface area (Å²) in [6, 6.07) is 4.21. The highest BCUT2D eigenvalue weighted by atomic mass is 35.5. The molecule has 6 nitrogen and oxygen atoms in total. The largest absolute Gasteiger partial charge is 0.417 e. The van der Waals surface area contributed by atoms with Crippen molar-refractivity contribution in [2.75, 3.05) is 5.73 Å². The molecule has 0 saturated heterocycles. The van der Waals surface area contributed by atoms with Crippen molar-refractivity contribution in [3.8, 4) is 0 Å². The quantitative estimate of drug-likeness (QED) is 0.728. The van der Waals surface area contributed by atoms with Crippen LogP contribution in [-0.2, 0) is 26.0 Å². The van der Waals surface area contributed by atoms with Crippen LogP contribution in [0.3, 0.4) is 0 Å². The van der Waals surface area contributed by atoms with Gasteiger partial charge in [0, 0.05) is 0 Å². The third-order valence-electron chi connectivity index (χ3n) is 3.44. The van der Waals surface area contributed by atoms with Crippen molar-refractivity contribution in [2.45, 2.75) is 27.8 Å². The van der Waals surface area contributed by atoms with Crippen LogP contribution in [0.2, 0.25) is 5.02 Å². The van der Waals surface area contributed by atoms with E-state index in [0.717, 1.165) is 6.07 Å². The minimum absolute atomic E-state index is 0.0383. The lowest BCUT2D eigenvalue weighted by Crippen LogP contribution is -2.20. The first-order chi connectivity index (χ1) is 11.7. The Kier molecular flexibility index (Phi) is 5.05. The van der Waals surface area contributed by atoms with Crippen LogP contribution in [0.5, 0.6) is 0 Å². The van der Waals surface area contributed by atoms with Crippen LogP contribution in [-0.4, -0.2) is 16.8 Å². The molecular weight excluding hydrogens is 417 g/mol. The Balaban J connectivity index is 2.96. The zero-order valence-electron chi connectivity index (χ0n) is 13.0. The molecule has 0 aliphatic heterocycles. The molecule has 0 heterocycles. The summed E-state index contributed by atoms with van der Waals surface area (Å²) in [5, 5.41) is 4.62. The molecule has 2 aromatic rings. The summed E-state index contributed by atoms with van der Waals surface area (Å²) in [6.07, 6.45) is -5.08. The van der Waals surface area contributed by atoms with Crippen molar-refractivity contribution in [2.24, 2.45) is 5.14 Å². The van der Waals surface area contributed by atoms with Gasteiger partial charge in [-0.2, -0.15) is 13.2 Å². The van der Waals surface area contributed by atoms with Gasteiger partial charge in [0.15, 0.2) is 0 Å². The Hall–Kier alpha value is -1.82. The van der Waals surface area contributed by atoms with E-state index in [1.165, 1.54) is 19.1 Å². The van der Waals surface area contributed by atoms with E-state index in [0.29, 0.717) is 12.1 Å². The predicted octanol–water partition coefficient (Wildman–Crippen LogP) is 2.73. The van der Waals surface area contributed by atoms with Crippen LogP contribution in [0, 0.1) is 6.92 Å². The molecule has 0 unspecified atom stereocenters. The summed E-state index contributed by atoms with van der Waals surface area (Å²) < 4.78 is 89.3. The smallest absolute Gasteiger partial charge is 0.398 e. The summed E-state index contributed by atoms with van der Waals surface area (Å²) in [7, 11) is -9.49. The highest BCUT2D eigenvalue weighted by Crippen LogP contribution is 2.41. The Morgan fingerprint density at radius 1 is 1.04 bits per heavy atom. The van der Waals surface area contributed by atoms with E-state index < -0.39 is 57.0 Å². The van der Waals surface area contributed by atoms with Gasteiger partial charge in [-0.15, -0.1) is 0 Å². The van der Waals surface area contributed by atoms with E-state index in [9.17, 15) is 30.0 Å². The van der Waals surface area contributed by atoms with Gasteiger partial charge in [0.05, 0.1) is 26.1 Å². The maximum Gasteiger partial charge on any atom is 0.417 e. The molecule has 12 heteroatoms. The number of benzene rings is 2. The second-order valence-corrected chi connectivity index (χ2v) is 9.11. The number of aryl methyl sites for hydroxylation is 1. The topological polar surface area (TPSA) is 120 Å². The molecule has 0 aliphatic rings. The first-order valence-corrected chi connectivity index (χ1v) is 10.1. The first kappa shape index (κ1) is 20.5. The summed E-state index contributed by atoms with van der Waals surface area (Å²) in [5.41, 5.74) is 3.26. The van der Waals surface area contributed by atoms with Crippen LogP contribution < -0.4 is 10.9 Å². The number of rotatable bonds is 3. The number of nitrogens with two attached hydrogens (primary N) is 2. The number of halogens is 4. The third-order valence-corrected chi connectivity index (χ3v) is 6.85. The molecule has 0 spiro atoms. The molecule has 0 fully saturated rings. The highest BCUT2D eigenvalue weighted by molar-refractivity contribution is 7.93. The number of nitrogen functional groups attached to an aromatic ring is 1. The van der Waals surface area contributed by atoms with Crippen LogP contribution in [0.25, 0.3) is 0 Å². The molecule has 0 radical (unpaired) electrons. The first-order valence-electron chi connectivity index (χ1n) is 6.71. The van der Waals surface area contributed by atoms with Crippen molar-refractivity contribution in [1.29, 1.82) is 0 Å². The van der Waals surface area contributed by atoms with Gasteiger partial charge in [-0.3, -0.25) is 0 Å². The number of hydrogen-bond acceptors (Lipinski definition) is 5. The molecule has 142 valence electrons. The Morgan fingerprint density at radius 2 is 1.62 bits per heavy atom. The molecule has 0 amide bonds. The molecule has 2 aromatic carbocycles. The zero-order valence-corrected chi connectivity index (χ0v) is 15.4. The van der Waals surface area contributed by atoms with Crippen LogP contribution >= 0.6 is 11.6 Å². The summed E-state index contributed by atoms with van der Waals surface area (Å²) in [5.74, 6) is 0. The summed E-state index contributed by atoms with van der Waals surface area (Å²) in [6.45, 7) is 1.26. The lowest BCUT2D eigenvalue weighted by atomic mass is 10.2. The number of hydrogen-bond donors (Lipinski definition) is 2. The third kappa shape index (κ3) is 3.65. The van der Waals surface area contributed by atoms with Gasteiger partial charge in [0.2, 0.25) is 19.9 Å². The van der Waals surface area contributed by atoms with Gasteiger partial charge in [-0.25, -0.2) is 22.0 Å². The summed E-state index contributed by atoms with van der Waals surface area (Å²) >= 11 is 5.69. The lowest BCUT2D eigenvalue weighted by molar-refractivity contribution is -0.139. The Labute approximate surface area is 152 Å². The van der Waals surface area contributed by atoms with Gasteiger partial charge >= 0.3 is 6.18 Å². The molecule has 0 aromatic heterocycles. The van der Waals surface area contributed by atoms with Gasteiger partial charge in [-0.1, -0.05) is 23.7 Å². The maximum absolute atomic E-state index is 13.3. The minimum Gasteiger partial charge on any atom is -0.398 e. The molecule has 0 bridgehead atoms. The predicted molar refractivity (Wildman–Crippen MR) is 88.9 cm³/mol. The highest BCUT2D eigenvalue weighted by Gasteiger charge is 2.40. The standard InChI is InChI=1S/C14H12ClF3N2O4S2/c1-7-3-2-4-11(13(7)26(20,23)24)25(21,22)12-6-9(15)10(19)5-8(12)14(16,17)18/h2-6H,19H2,1H3,(H2,20,23,24). The van der Waals surface area contributed by atoms with E-state index in [2.05, 4.69) is 0 Å². The number of primary sulfonamides is 1. The fraction of sp³-hybridized carbons (Fsp3) is 0.143. The Bertz CT molecular complexity index is 1100. The van der Waals surface area contributed by atoms with Crippen molar-refractivity contribution in [3.05, 3.63) is 46.5 Å². The van der Waals surface area contributed by atoms with Crippen molar-refractivity contribution in [1.82, 2.24) is 0 Å². The van der Waals surface area contributed by atoms with Crippen LogP contribution in [0.15, 0.2) is 45.0 Å². The molecular formula is C14H12ClF3N2O4S2. The van der Waals surface area contributed by atoms with Crippen molar-refractivity contribution >= 4 is 37.1 Å². The number of anilines is 1.